The normalized spacial score (nSPS) is 11.9. The van der Waals surface area contributed by atoms with Crippen molar-refractivity contribution in [1.82, 2.24) is 19.9 Å². The minimum atomic E-state index is 0.896. The number of hydrogen-bond donors (Lipinski definition) is 1. The van der Waals surface area contributed by atoms with Crippen LogP contribution in [0.25, 0.3) is 65.6 Å². The van der Waals surface area contributed by atoms with Crippen molar-refractivity contribution in [3.8, 4) is 11.3 Å². The highest BCUT2D eigenvalue weighted by Gasteiger charge is 2.15. The van der Waals surface area contributed by atoms with E-state index in [9.17, 15) is 0 Å². The number of H-pyrrole nitrogens is 1. The van der Waals surface area contributed by atoms with Crippen LogP contribution in [0.5, 0.6) is 0 Å². The fourth-order valence-corrected chi connectivity index (χ4v) is 4.78. The topological polar surface area (TPSA) is 54.5 Å². The fourth-order valence-electron chi connectivity index (χ4n) is 4.78. The molecular weight excluding hydrogens is 380 g/mol. The largest absolute Gasteiger partial charge is 0.353 e. The summed E-state index contributed by atoms with van der Waals surface area (Å²) in [5.41, 5.74) is 5.96. The second-order valence-corrected chi connectivity index (χ2v) is 7.82. The van der Waals surface area contributed by atoms with E-state index < -0.39 is 0 Å². The van der Waals surface area contributed by atoms with E-state index in [1.54, 1.807) is 6.33 Å². The van der Waals surface area contributed by atoms with Crippen LogP contribution in [0, 0.1) is 0 Å². The molecule has 0 amide bonds. The molecule has 3 heterocycles. The molecule has 4 aromatic carbocycles. The molecule has 3 aromatic heterocycles. The van der Waals surface area contributed by atoms with Crippen molar-refractivity contribution in [2.45, 2.75) is 0 Å². The third-order valence-corrected chi connectivity index (χ3v) is 6.14. The second-order valence-electron chi connectivity index (χ2n) is 7.82. The summed E-state index contributed by atoms with van der Waals surface area (Å²) in [6.45, 7) is 0. The molecule has 0 saturated carbocycles. The summed E-state index contributed by atoms with van der Waals surface area (Å²) in [6.07, 6.45) is 3.46. The van der Waals surface area contributed by atoms with Crippen molar-refractivity contribution >= 4 is 54.4 Å². The molecule has 144 valence electrons. The fraction of sp³-hybridized carbons (Fsp3) is 0. The Morgan fingerprint density at radius 3 is 2.00 bits per heavy atom. The van der Waals surface area contributed by atoms with Crippen molar-refractivity contribution in [2.24, 2.45) is 0 Å². The van der Waals surface area contributed by atoms with Gasteiger partial charge in [-0.15, -0.1) is 0 Å². The van der Waals surface area contributed by atoms with Crippen LogP contribution in [0.2, 0.25) is 0 Å². The zero-order valence-electron chi connectivity index (χ0n) is 16.5. The molecule has 1 N–H and O–H groups in total. The lowest BCUT2D eigenvalue weighted by atomic mass is 9.94. The van der Waals surface area contributed by atoms with Gasteiger partial charge in [-0.1, -0.05) is 48.5 Å². The molecule has 31 heavy (non-hydrogen) atoms. The van der Waals surface area contributed by atoms with Crippen LogP contribution >= 0.6 is 0 Å². The molecular formula is C27H16N4. The number of imidazole rings is 1. The van der Waals surface area contributed by atoms with Crippen molar-refractivity contribution in [1.29, 1.82) is 0 Å². The maximum atomic E-state index is 4.70. The lowest BCUT2D eigenvalue weighted by Gasteiger charge is -2.14. The summed E-state index contributed by atoms with van der Waals surface area (Å²) in [7, 11) is 0. The first-order chi connectivity index (χ1) is 15.4. The first-order valence-electron chi connectivity index (χ1n) is 10.3. The lowest BCUT2D eigenvalue weighted by Crippen LogP contribution is -1.92. The van der Waals surface area contributed by atoms with E-state index in [-0.39, 0.29) is 0 Å². The highest BCUT2D eigenvalue weighted by molar-refractivity contribution is 6.21. The van der Waals surface area contributed by atoms with Gasteiger partial charge in [-0.2, -0.15) is 0 Å². The van der Waals surface area contributed by atoms with E-state index in [2.05, 4.69) is 87.7 Å². The third kappa shape index (κ3) is 2.27. The van der Waals surface area contributed by atoms with E-state index in [4.69, 9.17) is 4.98 Å². The molecule has 0 spiro atoms. The number of pyridine rings is 2. The smallest absolute Gasteiger partial charge is 0.116 e. The van der Waals surface area contributed by atoms with Crippen molar-refractivity contribution in [3.63, 3.8) is 0 Å². The Hall–Kier alpha value is -4.31. The van der Waals surface area contributed by atoms with Crippen LogP contribution in [-0.2, 0) is 0 Å². The van der Waals surface area contributed by atoms with Crippen LogP contribution in [0.4, 0.5) is 0 Å². The minimum absolute atomic E-state index is 0.896. The van der Waals surface area contributed by atoms with Crippen molar-refractivity contribution in [3.05, 3.63) is 91.4 Å². The van der Waals surface area contributed by atoms with E-state index in [0.29, 0.717) is 0 Å². The van der Waals surface area contributed by atoms with Crippen LogP contribution in [0.15, 0.2) is 91.4 Å². The van der Waals surface area contributed by atoms with Gasteiger partial charge in [-0.3, -0.25) is 4.98 Å². The predicted octanol–water partition coefficient (Wildman–Crippen LogP) is 6.63. The van der Waals surface area contributed by atoms with Crippen LogP contribution in [0.1, 0.15) is 0 Å². The quantitative estimate of drug-likeness (QED) is 0.250. The van der Waals surface area contributed by atoms with Gasteiger partial charge in [0.2, 0.25) is 0 Å². The van der Waals surface area contributed by atoms with Gasteiger partial charge in [0.05, 0.1) is 11.0 Å². The molecule has 0 bridgehead atoms. The van der Waals surface area contributed by atoms with Gasteiger partial charge in [0.15, 0.2) is 0 Å². The molecule has 7 aromatic rings. The molecule has 0 aliphatic heterocycles. The van der Waals surface area contributed by atoms with E-state index in [1.807, 2.05) is 12.3 Å². The van der Waals surface area contributed by atoms with Crippen LogP contribution in [-0.4, -0.2) is 19.9 Å². The average molecular weight is 396 g/mol. The molecule has 4 nitrogen and oxygen atoms in total. The highest BCUT2D eigenvalue weighted by Crippen LogP contribution is 2.38. The Labute approximate surface area is 177 Å². The van der Waals surface area contributed by atoms with Crippen LogP contribution in [0.3, 0.4) is 0 Å². The minimum Gasteiger partial charge on any atom is -0.353 e. The Bertz CT molecular complexity index is 1740. The molecule has 4 heteroatoms. The summed E-state index contributed by atoms with van der Waals surface area (Å²) in [4.78, 5) is 17.5. The number of rotatable bonds is 1. The average Bonchev–Trinajstić information content (AvgIpc) is 3.33. The molecule has 0 unspecified atom stereocenters. The zero-order chi connectivity index (χ0) is 20.4. The molecule has 0 radical (unpaired) electrons. The second kappa shape index (κ2) is 6.09. The van der Waals surface area contributed by atoms with Crippen molar-refractivity contribution < 1.29 is 0 Å². The SMILES string of the molecule is c1ccc2c(-c3ccc4c5ncnc5c5cccnc5c4[nH]3)c3ccccc3cc2c1. The summed E-state index contributed by atoms with van der Waals surface area (Å²) >= 11 is 0. The zero-order valence-corrected chi connectivity index (χ0v) is 16.5. The highest BCUT2D eigenvalue weighted by atomic mass is 14.9. The van der Waals surface area contributed by atoms with Crippen LogP contribution < -0.4 is 0 Å². The van der Waals surface area contributed by atoms with E-state index in [1.165, 1.54) is 27.1 Å². The first-order valence-corrected chi connectivity index (χ1v) is 10.3. The van der Waals surface area contributed by atoms with Gasteiger partial charge < -0.3 is 4.98 Å². The molecule has 0 fully saturated rings. The molecule has 7 rings (SSSR count). The van der Waals surface area contributed by atoms with Gasteiger partial charge in [-0.25, -0.2) is 9.97 Å². The predicted molar refractivity (Wildman–Crippen MR) is 127 cm³/mol. The van der Waals surface area contributed by atoms with Gasteiger partial charge in [0.25, 0.3) is 0 Å². The maximum absolute atomic E-state index is 4.70. The number of nitrogens with one attached hydrogen (secondary N) is 1. The number of benzene rings is 4. The van der Waals surface area contributed by atoms with E-state index in [0.717, 1.165) is 38.5 Å². The molecule has 0 saturated heterocycles. The number of aromatic amines is 1. The van der Waals surface area contributed by atoms with Gasteiger partial charge in [0, 0.05) is 28.2 Å². The Kier molecular flexibility index (Phi) is 3.24. The standard InChI is InChI=1S/C27H16N4/c1-3-8-18-16(6-1)14-17-7-2-4-9-19(17)23(18)22-12-11-21-25-24(29-15-30-25)20-10-5-13-28-26(20)27(21)31-22/h1-15,31H. The summed E-state index contributed by atoms with van der Waals surface area (Å²) in [6, 6.07) is 27.7. The first kappa shape index (κ1) is 16.5. The number of aromatic nitrogens is 4. The lowest BCUT2D eigenvalue weighted by molar-refractivity contribution is 1.35. The molecule has 0 aliphatic carbocycles. The molecule has 0 atom stereocenters. The summed E-state index contributed by atoms with van der Waals surface area (Å²) in [5.74, 6) is 0. The van der Waals surface area contributed by atoms with Gasteiger partial charge in [0.1, 0.15) is 17.4 Å². The summed E-state index contributed by atoms with van der Waals surface area (Å²) < 4.78 is 0. The Balaban J connectivity index is 1.67. The Morgan fingerprint density at radius 1 is 0.548 bits per heavy atom. The summed E-state index contributed by atoms with van der Waals surface area (Å²) in [5, 5.41) is 6.95. The third-order valence-electron chi connectivity index (χ3n) is 6.14. The van der Waals surface area contributed by atoms with Gasteiger partial charge in [-0.05, 0) is 51.9 Å². The molecule has 0 aliphatic rings. The maximum Gasteiger partial charge on any atom is 0.116 e. The van der Waals surface area contributed by atoms with E-state index >= 15 is 0 Å². The van der Waals surface area contributed by atoms with Crippen molar-refractivity contribution in [2.75, 3.05) is 0 Å². The number of nitrogens with zero attached hydrogens (tertiary/aromatic N) is 3. The number of hydrogen-bond acceptors (Lipinski definition) is 3. The Morgan fingerprint density at radius 2 is 1.23 bits per heavy atom. The number of fused-ring (bicyclic) bond motifs is 8. The monoisotopic (exact) mass is 396 g/mol. The van der Waals surface area contributed by atoms with Gasteiger partial charge >= 0.3 is 0 Å².